The summed E-state index contributed by atoms with van der Waals surface area (Å²) in [4.78, 5) is 0. The van der Waals surface area contributed by atoms with E-state index in [4.69, 9.17) is 24.8 Å². The van der Waals surface area contributed by atoms with Crippen LogP contribution in [0.25, 0.3) is 0 Å². The standard InChI is InChI=1S/C18H24ClO3P/c1-14(2)13-20-23(19,21-17-11-7-5-9-15(17)3)22-18-12-8-6-10-16(18)4/h5-12,14,23H,13H2,1-4H3. The van der Waals surface area contributed by atoms with Crippen LogP contribution in [0.1, 0.15) is 25.0 Å². The average Bonchev–Trinajstić information content (AvgIpc) is 2.50. The average molecular weight is 355 g/mol. The van der Waals surface area contributed by atoms with Crippen LogP contribution in [-0.2, 0) is 4.52 Å². The zero-order valence-electron chi connectivity index (χ0n) is 14.0. The zero-order valence-corrected chi connectivity index (χ0v) is 15.8. The first-order valence-corrected chi connectivity index (χ1v) is 10.5. The van der Waals surface area contributed by atoms with Gasteiger partial charge in [0.2, 0.25) is 0 Å². The van der Waals surface area contributed by atoms with E-state index in [0.29, 0.717) is 24.0 Å². The number of aryl methyl sites for hydroxylation is 2. The summed E-state index contributed by atoms with van der Waals surface area (Å²) in [7, 11) is -3.38. The Hall–Kier alpha value is -1.28. The van der Waals surface area contributed by atoms with Crippen molar-refractivity contribution >= 4 is 18.5 Å². The van der Waals surface area contributed by atoms with E-state index in [1.165, 1.54) is 0 Å². The molecule has 0 fully saturated rings. The molecule has 3 nitrogen and oxygen atoms in total. The molecular formula is C18H24ClO3P. The Balaban J connectivity index is 2.24. The summed E-state index contributed by atoms with van der Waals surface area (Å²) >= 11 is 6.67. The molecule has 126 valence electrons. The Morgan fingerprint density at radius 1 is 0.870 bits per heavy atom. The number of hydrogen-bond acceptors (Lipinski definition) is 3. The van der Waals surface area contributed by atoms with Crippen molar-refractivity contribution < 1.29 is 13.6 Å². The van der Waals surface area contributed by atoms with Gasteiger partial charge in [0.15, 0.2) is 0 Å². The van der Waals surface area contributed by atoms with Gasteiger partial charge in [-0.3, -0.25) is 0 Å². The number of halogens is 1. The fourth-order valence-corrected chi connectivity index (χ4v) is 4.31. The minimum atomic E-state index is -3.38. The predicted molar refractivity (Wildman–Crippen MR) is 98.6 cm³/mol. The van der Waals surface area contributed by atoms with Gasteiger partial charge >= 0.3 is 143 Å². The van der Waals surface area contributed by atoms with Crippen LogP contribution < -0.4 is 9.05 Å². The Labute approximate surface area is 143 Å². The van der Waals surface area contributed by atoms with Crippen LogP contribution >= 0.6 is 18.5 Å². The van der Waals surface area contributed by atoms with E-state index in [2.05, 4.69) is 13.8 Å². The molecule has 0 N–H and O–H groups in total. The molecule has 5 heteroatoms. The summed E-state index contributed by atoms with van der Waals surface area (Å²) in [6, 6.07) is 15.4. The van der Waals surface area contributed by atoms with Crippen molar-refractivity contribution in [2.24, 2.45) is 5.92 Å². The molecule has 0 heterocycles. The maximum atomic E-state index is 6.67. The number of para-hydroxylation sites is 2. The second-order valence-corrected chi connectivity index (χ2v) is 8.97. The van der Waals surface area contributed by atoms with Crippen molar-refractivity contribution in [2.75, 3.05) is 6.61 Å². The molecule has 0 aromatic heterocycles. The topological polar surface area (TPSA) is 27.7 Å². The van der Waals surface area contributed by atoms with Crippen LogP contribution in [0.2, 0.25) is 0 Å². The van der Waals surface area contributed by atoms with Gasteiger partial charge in [0.05, 0.1) is 0 Å². The first-order valence-electron chi connectivity index (χ1n) is 7.72. The van der Waals surface area contributed by atoms with Crippen molar-refractivity contribution in [3.8, 4) is 11.5 Å². The molecule has 0 aliphatic rings. The quantitative estimate of drug-likeness (QED) is 0.564. The summed E-state index contributed by atoms with van der Waals surface area (Å²) < 4.78 is 17.9. The third-order valence-corrected chi connectivity index (χ3v) is 5.47. The van der Waals surface area contributed by atoms with Crippen molar-refractivity contribution in [1.29, 1.82) is 0 Å². The SMILES string of the molecule is Cc1ccccc1O[PH](Cl)(OCC(C)C)Oc1ccccc1C. The molecule has 23 heavy (non-hydrogen) atoms. The normalized spacial score (nSPS) is 12.3. The van der Waals surface area contributed by atoms with E-state index in [-0.39, 0.29) is 0 Å². The molecule has 0 unspecified atom stereocenters. The van der Waals surface area contributed by atoms with Gasteiger partial charge in [-0.05, 0) is 0 Å². The van der Waals surface area contributed by atoms with Crippen LogP contribution in [0.4, 0.5) is 0 Å². The molecule has 0 aliphatic carbocycles. The van der Waals surface area contributed by atoms with E-state index >= 15 is 0 Å². The predicted octanol–water partition coefficient (Wildman–Crippen LogP) is 6.08. The van der Waals surface area contributed by atoms with Gasteiger partial charge in [0, 0.05) is 0 Å². The van der Waals surface area contributed by atoms with Crippen molar-refractivity contribution in [3.63, 3.8) is 0 Å². The van der Waals surface area contributed by atoms with Crippen LogP contribution in [0.15, 0.2) is 48.5 Å². The summed E-state index contributed by atoms with van der Waals surface area (Å²) in [5, 5.41) is 0. The third kappa shape index (κ3) is 5.39. The Morgan fingerprint density at radius 3 is 1.70 bits per heavy atom. The molecule has 0 aliphatic heterocycles. The number of hydrogen-bond donors (Lipinski definition) is 0. The molecule has 0 spiro atoms. The van der Waals surface area contributed by atoms with E-state index in [1.54, 1.807) is 0 Å². The van der Waals surface area contributed by atoms with E-state index in [9.17, 15) is 0 Å². The first kappa shape index (κ1) is 18.1. The molecule has 0 saturated carbocycles. The Kier molecular flexibility index (Phi) is 6.29. The van der Waals surface area contributed by atoms with Gasteiger partial charge in [-0.25, -0.2) is 0 Å². The van der Waals surface area contributed by atoms with Crippen LogP contribution in [-0.4, -0.2) is 6.61 Å². The summed E-state index contributed by atoms with van der Waals surface area (Å²) in [6.45, 7) is 8.54. The molecule has 2 aromatic carbocycles. The van der Waals surface area contributed by atoms with Crippen LogP contribution in [0.5, 0.6) is 11.5 Å². The van der Waals surface area contributed by atoms with Gasteiger partial charge in [-0.2, -0.15) is 0 Å². The molecule has 0 amide bonds. The molecule has 2 aromatic rings. The number of benzene rings is 2. The first-order chi connectivity index (χ1) is 10.9. The summed E-state index contributed by atoms with van der Waals surface area (Å²) in [5.41, 5.74) is 1.98. The maximum absolute atomic E-state index is 6.67. The number of rotatable bonds is 7. The second kappa shape index (κ2) is 8.01. The van der Waals surface area contributed by atoms with Gasteiger partial charge in [0.1, 0.15) is 0 Å². The Morgan fingerprint density at radius 2 is 1.30 bits per heavy atom. The monoisotopic (exact) mass is 354 g/mol. The van der Waals surface area contributed by atoms with E-state index in [0.717, 1.165) is 11.1 Å². The Bertz CT molecular complexity index is 598. The molecule has 0 bridgehead atoms. The third-order valence-electron chi connectivity index (χ3n) is 3.24. The van der Waals surface area contributed by atoms with Crippen LogP contribution in [0.3, 0.4) is 0 Å². The molecular weight excluding hydrogens is 331 g/mol. The van der Waals surface area contributed by atoms with Gasteiger partial charge in [-0.15, -0.1) is 0 Å². The van der Waals surface area contributed by atoms with E-state index in [1.807, 2.05) is 62.4 Å². The van der Waals surface area contributed by atoms with Crippen LogP contribution in [0, 0.1) is 19.8 Å². The van der Waals surface area contributed by atoms with Crippen molar-refractivity contribution in [3.05, 3.63) is 59.7 Å². The summed E-state index contributed by atoms with van der Waals surface area (Å²) in [5.74, 6) is 1.71. The minimum absolute atomic E-state index is 0.335. The molecule has 0 saturated heterocycles. The van der Waals surface area contributed by atoms with Crippen molar-refractivity contribution in [2.45, 2.75) is 27.7 Å². The van der Waals surface area contributed by atoms with Gasteiger partial charge < -0.3 is 0 Å². The second-order valence-electron chi connectivity index (χ2n) is 5.92. The van der Waals surface area contributed by atoms with E-state index < -0.39 is 7.30 Å². The fourth-order valence-electron chi connectivity index (χ4n) is 1.95. The molecule has 0 radical (unpaired) electrons. The summed E-state index contributed by atoms with van der Waals surface area (Å²) in [6.07, 6.45) is 0. The van der Waals surface area contributed by atoms with Gasteiger partial charge in [0.25, 0.3) is 0 Å². The fraction of sp³-hybridized carbons (Fsp3) is 0.333. The molecule has 0 atom stereocenters. The molecule has 2 rings (SSSR count). The van der Waals surface area contributed by atoms with Gasteiger partial charge in [-0.1, -0.05) is 0 Å². The zero-order chi connectivity index (χ0) is 16.9. The van der Waals surface area contributed by atoms with Crippen molar-refractivity contribution in [1.82, 2.24) is 0 Å².